The van der Waals surface area contributed by atoms with Crippen LogP contribution in [0.3, 0.4) is 0 Å². The van der Waals surface area contributed by atoms with Crippen molar-refractivity contribution in [2.24, 2.45) is 0 Å². The molecule has 2 aromatic rings. The Hall–Kier alpha value is -1.86. The Kier molecular flexibility index (Phi) is 6.83. The lowest BCUT2D eigenvalue weighted by atomic mass is 10.2. The van der Waals surface area contributed by atoms with E-state index in [-0.39, 0.29) is 10.8 Å². The number of methoxy groups -OCH3 is 1. The highest BCUT2D eigenvalue weighted by Crippen LogP contribution is 2.30. The predicted octanol–water partition coefficient (Wildman–Crippen LogP) is 4.67. The zero-order valence-corrected chi connectivity index (χ0v) is 17.4. The van der Waals surface area contributed by atoms with E-state index < -0.39 is 15.1 Å². The van der Waals surface area contributed by atoms with E-state index in [2.05, 4.69) is 21.2 Å². The highest BCUT2D eigenvalue weighted by atomic mass is 79.9. The summed E-state index contributed by atoms with van der Waals surface area (Å²) in [5.41, 5.74) is 0.777. The van der Waals surface area contributed by atoms with Crippen LogP contribution in [0.25, 0.3) is 0 Å². The third kappa shape index (κ3) is 4.45. The van der Waals surface area contributed by atoms with Crippen LogP contribution in [0.5, 0.6) is 5.75 Å². The van der Waals surface area contributed by atoms with Crippen molar-refractivity contribution >= 4 is 37.4 Å². The van der Waals surface area contributed by atoms with Gasteiger partial charge in [0.15, 0.2) is 9.84 Å². The van der Waals surface area contributed by atoms with E-state index in [9.17, 15) is 13.2 Å². The molecule has 0 heterocycles. The van der Waals surface area contributed by atoms with E-state index in [4.69, 9.17) is 4.74 Å². The zero-order chi connectivity index (χ0) is 19.3. The molecule has 5 nitrogen and oxygen atoms in total. The highest BCUT2D eigenvalue weighted by Gasteiger charge is 2.25. The van der Waals surface area contributed by atoms with Gasteiger partial charge in [0.2, 0.25) is 0 Å². The van der Waals surface area contributed by atoms with Crippen molar-refractivity contribution in [3.05, 3.63) is 52.5 Å². The first kappa shape index (κ1) is 20.5. The lowest BCUT2D eigenvalue weighted by Crippen LogP contribution is -2.20. The van der Waals surface area contributed by atoms with Gasteiger partial charge in [-0.05, 0) is 49.2 Å². The third-order valence-corrected chi connectivity index (χ3v) is 7.13. The largest absolute Gasteiger partial charge is 0.495 e. The molecule has 0 radical (unpaired) electrons. The van der Waals surface area contributed by atoms with Gasteiger partial charge < -0.3 is 10.1 Å². The minimum Gasteiger partial charge on any atom is -0.495 e. The summed E-state index contributed by atoms with van der Waals surface area (Å²) in [5.74, 6) is 0.0542. The molecule has 140 valence electrons. The molecule has 0 aromatic heterocycles. The van der Waals surface area contributed by atoms with E-state index >= 15 is 0 Å². The van der Waals surface area contributed by atoms with Gasteiger partial charge in [-0.3, -0.25) is 4.79 Å². The number of benzene rings is 2. The molecular formula is C19H22BrNO4S. The van der Waals surface area contributed by atoms with Gasteiger partial charge in [0, 0.05) is 10.0 Å². The molecule has 2 rings (SSSR count). The van der Waals surface area contributed by atoms with Crippen molar-refractivity contribution in [1.29, 1.82) is 0 Å². The van der Waals surface area contributed by atoms with Crippen molar-refractivity contribution in [3.63, 3.8) is 0 Å². The van der Waals surface area contributed by atoms with Crippen LogP contribution in [0.15, 0.2) is 51.8 Å². The van der Waals surface area contributed by atoms with Crippen LogP contribution < -0.4 is 10.1 Å². The monoisotopic (exact) mass is 439 g/mol. The molecule has 0 saturated carbocycles. The maximum atomic E-state index is 12.8. The summed E-state index contributed by atoms with van der Waals surface area (Å²) in [6, 6.07) is 11.5. The Balaban J connectivity index is 2.40. The maximum Gasteiger partial charge on any atom is 0.255 e. The van der Waals surface area contributed by atoms with E-state index in [1.807, 2.05) is 19.9 Å². The predicted molar refractivity (Wildman–Crippen MR) is 107 cm³/mol. The molecule has 26 heavy (non-hydrogen) atoms. The SMILES string of the molecule is CCC(CC)S(=O)(=O)c1ccc(OC)c(NC(=O)c2cccc(Br)c2)c1. The molecule has 2 aromatic carbocycles. The van der Waals surface area contributed by atoms with Crippen LogP contribution in [-0.2, 0) is 9.84 Å². The number of carbonyl (C=O) groups excluding carboxylic acids is 1. The van der Waals surface area contributed by atoms with Crippen molar-refractivity contribution < 1.29 is 17.9 Å². The summed E-state index contributed by atoms with van der Waals surface area (Å²) in [4.78, 5) is 12.7. The first-order chi connectivity index (χ1) is 12.3. The standard InChI is InChI=1S/C19H22BrNO4S/c1-4-15(5-2)26(23,24)16-9-10-18(25-3)17(12-16)21-19(22)13-7-6-8-14(20)11-13/h6-12,15H,4-5H2,1-3H3,(H,21,22). The smallest absolute Gasteiger partial charge is 0.255 e. The second kappa shape index (κ2) is 8.68. The van der Waals surface area contributed by atoms with Crippen LogP contribution in [0.1, 0.15) is 37.0 Å². The number of ether oxygens (including phenoxy) is 1. The lowest BCUT2D eigenvalue weighted by Gasteiger charge is -2.16. The number of anilines is 1. The van der Waals surface area contributed by atoms with E-state index in [1.54, 1.807) is 24.3 Å². The highest BCUT2D eigenvalue weighted by molar-refractivity contribution is 9.10. The summed E-state index contributed by atoms with van der Waals surface area (Å²) < 4.78 is 31.6. The van der Waals surface area contributed by atoms with E-state index in [0.717, 1.165) is 4.47 Å². The molecule has 1 N–H and O–H groups in total. The molecule has 1 amide bonds. The average molecular weight is 440 g/mol. The molecule has 0 aliphatic heterocycles. The second-order valence-corrected chi connectivity index (χ2v) is 8.95. The van der Waals surface area contributed by atoms with E-state index in [0.29, 0.717) is 29.8 Å². The Morgan fingerprint density at radius 2 is 1.85 bits per heavy atom. The number of halogens is 1. The zero-order valence-electron chi connectivity index (χ0n) is 15.0. The molecule has 0 aliphatic rings. The summed E-state index contributed by atoms with van der Waals surface area (Å²) in [5, 5.41) is 2.29. The number of carbonyl (C=O) groups is 1. The number of nitrogens with one attached hydrogen (secondary N) is 1. The van der Waals surface area contributed by atoms with Crippen molar-refractivity contribution in [3.8, 4) is 5.75 Å². The van der Waals surface area contributed by atoms with Crippen molar-refractivity contribution in [2.45, 2.75) is 36.8 Å². The van der Waals surface area contributed by atoms with Gasteiger partial charge in [-0.15, -0.1) is 0 Å². The Morgan fingerprint density at radius 1 is 1.15 bits per heavy atom. The minimum atomic E-state index is -3.47. The van der Waals surface area contributed by atoms with Crippen LogP contribution in [0.2, 0.25) is 0 Å². The quantitative estimate of drug-likeness (QED) is 0.679. The van der Waals surface area contributed by atoms with Gasteiger partial charge >= 0.3 is 0 Å². The topological polar surface area (TPSA) is 72.5 Å². The molecule has 0 saturated heterocycles. The number of sulfone groups is 1. The van der Waals surface area contributed by atoms with Gasteiger partial charge in [-0.2, -0.15) is 0 Å². The molecule has 0 aliphatic carbocycles. The van der Waals surface area contributed by atoms with Gasteiger partial charge in [-0.25, -0.2) is 8.42 Å². The summed E-state index contributed by atoms with van der Waals surface area (Å²) >= 11 is 3.33. The first-order valence-corrected chi connectivity index (χ1v) is 10.7. The average Bonchev–Trinajstić information content (AvgIpc) is 2.62. The second-order valence-electron chi connectivity index (χ2n) is 5.81. The van der Waals surface area contributed by atoms with Gasteiger partial charge in [0.25, 0.3) is 5.91 Å². The Bertz CT molecular complexity index is 892. The molecule has 0 bridgehead atoms. The van der Waals surface area contributed by atoms with Crippen LogP contribution in [0.4, 0.5) is 5.69 Å². The van der Waals surface area contributed by atoms with E-state index in [1.165, 1.54) is 19.2 Å². The third-order valence-electron chi connectivity index (χ3n) is 4.18. The number of hydrogen-bond donors (Lipinski definition) is 1. The summed E-state index contributed by atoms with van der Waals surface area (Å²) in [7, 11) is -2.00. The number of rotatable bonds is 7. The maximum absolute atomic E-state index is 12.8. The van der Waals surface area contributed by atoms with Crippen molar-refractivity contribution in [1.82, 2.24) is 0 Å². The summed E-state index contributed by atoms with van der Waals surface area (Å²) in [6.07, 6.45) is 1.06. The summed E-state index contributed by atoms with van der Waals surface area (Å²) in [6.45, 7) is 3.70. The first-order valence-electron chi connectivity index (χ1n) is 8.32. The van der Waals surface area contributed by atoms with Crippen molar-refractivity contribution in [2.75, 3.05) is 12.4 Å². The fourth-order valence-electron chi connectivity index (χ4n) is 2.71. The Labute approximate surface area is 162 Å². The Morgan fingerprint density at radius 3 is 2.42 bits per heavy atom. The molecule has 7 heteroatoms. The molecule has 0 atom stereocenters. The van der Waals surface area contributed by atoms with Gasteiger partial charge in [0.1, 0.15) is 5.75 Å². The molecule has 0 fully saturated rings. The van der Waals surface area contributed by atoms with Gasteiger partial charge in [0.05, 0.1) is 22.9 Å². The number of hydrogen-bond acceptors (Lipinski definition) is 4. The number of amides is 1. The van der Waals surface area contributed by atoms with Crippen LogP contribution in [0, 0.1) is 0 Å². The molecule has 0 spiro atoms. The normalized spacial score (nSPS) is 11.4. The van der Waals surface area contributed by atoms with Crippen LogP contribution >= 0.6 is 15.9 Å². The lowest BCUT2D eigenvalue weighted by molar-refractivity contribution is 0.102. The van der Waals surface area contributed by atoms with Gasteiger partial charge in [-0.1, -0.05) is 35.8 Å². The molecular weight excluding hydrogens is 418 g/mol. The minimum absolute atomic E-state index is 0.177. The van der Waals surface area contributed by atoms with Crippen LogP contribution in [-0.4, -0.2) is 26.7 Å². The fraction of sp³-hybridized carbons (Fsp3) is 0.316. The molecule has 0 unspecified atom stereocenters. The fourth-order valence-corrected chi connectivity index (χ4v) is 4.91.